The summed E-state index contributed by atoms with van der Waals surface area (Å²) in [4.78, 5) is 28.5. The van der Waals surface area contributed by atoms with Gasteiger partial charge in [-0.15, -0.1) is 11.3 Å². The Labute approximate surface area is 170 Å². The van der Waals surface area contributed by atoms with E-state index < -0.39 is 5.60 Å². The first-order valence-corrected chi connectivity index (χ1v) is 11.0. The summed E-state index contributed by atoms with van der Waals surface area (Å²) < 4.78 is 7.37. The number of thiophene rings is 1. The second kappa shape index (κ2) is 6.61. The molecule has 5 nitrogen and oxygen atoms in total. The molecule has 1 saturated heterocycles. The Balaban J connectivity index is 1.77. The van der Waals surface area contributed by atoms with Gasteiger partial charge in [0.2, 0.25) is 6.41 Å². The summed E-state index contributed by atoms with van der Waals surface area (Å²) in [6.07, 6.45) is 4.81. The average molecular weight is 403 g/mol. The molecule has 0 radical (unpaired) electrons. The van der Waals surface area contributed by atoms with Crippen LogP contribution in [0.5, 0.6) is 0 Å². The summed E-state index contributed by atoms with van der Waals surface area (Å²) in [5.74, 6) is 1.36. The van der Waals surface area contributed by atoms with Crippen LogP contribution in [0.2, 0.25) is 0 Å². The van der Waals surface area contributed by atoms with Gasteiger partial charge in [0, 0.05) is 35.0 Å². The van der Waals surface area contributed by atoms with Gasteiger partial charge < -0.3 is 9.64 Å². The fraction of sp³-hybridized carbons (Fsp3) is 0.636. The number of likely N-dealkylation sites (tertiary alicyclic amines) is 1. The average Bonchev–Trinajstić information content (AvgIpc) is 3.32. The lowest BCUT2D eigenvalue weighted by Gasteiger charge is -2.28. The number of rotatable bonds is 3. The number of ether oxygens (including phenoxy) is 1. The molecule has 152 valence electrons. The molecule has 0 N–H and O–H groups in total. The number of hydrogen-bond acceptors (Lipinski definition) is 4. The molecule has 1 saturated carbocycles. The second-order valence-electron chi connectivity index (χ2n) is 9.65. The van der Waals surface area contributed by atoms with Crippen LogP contribution in [0.1, 0.15) is 75.3 Å². The van der Waals surface area contributed by atoms with Gasteiger partial charge in [-0.2, -0.15) is 0 Å². The van der Waals surface area contributed by atoms with Gasteiger partial charge in [-0.25, -0.2) is 9.36 Å². The predicted molar refractivity (Wildman–Crippen MR) is 112 cm³/mol. The van der Waals surface area contributed by atoms with Gasteiger partial charge in [0.15, 0.2) is 0 Å². The number of aryl methyl sites for hydroxylation is 1. The number of piperidine rings is 1. The molecule has 2 fully saturated rings. The molecule has 2 unspecified atom stereocenters. The molecule has 1 aliphatic heterocycles. The third kappa shape index (κ3) is 3.06. The van der Waals surface area contributed by atoms with Crippen LogP contribution in [0.4, 0.5) is 4.79 Å². The third-order valence-electron chi connectivity index (χ3n) is 6.21. The Kier molecular flexibility index (Phi) is 4.60. The van der Waals surface area contributed by atoms with Gasteiger partial charge in [0.25, 0.3) is 0 Å². The van der Waals surface area contributed by atoms with Crippen LogP contribution in [-0.2, 0) is 9.53 Å². The van der Waals surface area contributed by atoms with Gasteiger partial charge in [0.1, 0.15) is 10.4 Å². The molecule has 3 atom stereocenters. The summed E-state index contributed by atoms with van der Waals surface area (Å²) in [6, 6.07) is 0.380. The molecule has 0 spiro atoms. The molecule has 2 bridgehead atoms. The molecule has 4 rings (SSSR count). The third-order valence-corrected chi connectivity index (χ3v) is 7.63. The molecule has 3 heterocycles. The lowest BCUT2D eigenvalue weighted by Crippen LogP contribution is -2.33. The molecule has 0 aromatic carbocycles. The Morgan fingerprint density at radius 1 is 1.32 bits per heavy atom. The van der Waals surface area contributed by atoms with Gasteiger partial charge in [-0.3, -0.25) is 4.79 Å². The first kappa shape index (κ1) is 19.5. The van der Waals surface area contributed by atoms with Crippen molar-refractivity contribution in [2.45, 2.75) is 77.9 Å². The van der Waals surface area contributed by atoms with Crippen LogP contribution < -0.4 is 0 Å². The normalized spacial score (nSPS) is 24.5. The zero-order valence-corrected chi connectivity index (χ0v) is 18.4. The fourth-order valence-electron chi connectivity index (χ4n) is 4.96. The number of hydrogen-bond donors (Lipinski definition) is 0. The number of carbonyl (C=O) groups is 2. The quantitative estimate of drug-likeness (QED) is 0.659. The van der Waals surface area contributed by atoms with Crippen molar-refractivity contribution in [2.75, 3.05) is 6.54 Å². The SMILES string of the molecule is Cc1c(C2C[C@H]3CC2CN3C=O)sc2c1c(C(C)C)cn2C(=O)OC(C)(C)C. The zero-order valence-electron chi connectivity index (χ0n) is 17.6. The van der Waals surface area contributed by atoms with Crippen LogP contribution in [0.3, 0.4) is 0 Å². The number of carbonyl (C=O) groups excluding carboxylic acids is 2. The van der Waals surface area contributed by atoms with E-state index >= 15 is 0 Å². The highest BCUT2D eigenvalue weighted by atomic mass is 32.1. The predicted octanol–water partition coefficient (Wildman–Crippen LogP) is 5.25. The van der Waals surface area contributed by atoms with E-state index in [0.29, 0.717) is 23.8 Å². The van der Waals surface area contributed by atoms with Crippen molar-refractivity contribution in [3.63, 3.8) is 0 Å². The van der Waals surface area contributed by atoms with Gasteiger partial charge in [0.05, 0.1) is 0 Å². The van der Waals surface area contributed by atoms with Crippen molar-refractivity contribution in [1.82, 2.24) is 9.47 Å². The molecule has 6 heteroatoms. The van der Waals surface area contributed by atoms with E-state index in [1.54, 1.807) is 15.9 Å². The topological polar surface area (TPSA) is 51.5 Å². The van der Waals surface area contributed by atoms with Gasteiger partial charge in [-0.1, -0.05) is 13.8 Å². The van der Waals surface area contributed by atoms with E-state index in [1.807, 2.05) is 31.9 Å². The molecule has 2 aromatic heterocycles. The van der Waals surface area contributed by atoms with E-state index in [2.05, 4.69) is 20.8 Å². The van der Waals surface area contributed by atoms with Crippen LogP contribution in [0.25, 0.3) is 10.2 Å². The molecule has 1 aliphatic carbocycles. The van der Waals surface area contributed by atoms with E-state index in [0.717, 1.165) is 30.6 Å². The highest BCUT2D eigenvalue weighted by molar-refractivity contribution is 7.19. The molecular formula is C22H30N2O3S. The smallest absolute Gasteiger partial charge is 0.419 e. The van der Waals surface area contributed by atoms with Crippen molar-refractivity contribution < 1.29 is 14.3 Å². The van der Waals surface area contributed by atoms with Crippen LogP contribution in [0, 0.1) is 12.8 Å². The molecule has 28 heavy (non-hydrogen) atoms. The number of fused-ring (bicyclic) bond motifs is 3. The van der Waals surface area contributed by atoms with Crippen molar-refractivity contribution in [1.29, 1.82) is 0 Å². The number of nitrogens with zero attached hydrogens (tertiary/aromatic N) is 2. The molecule has 2 aliphatic rings. The Hall–Kier alpha value is -1.82. The van der Waals surface area contributed by atoms with Crippen molar-refractivity contribution in [3.8, 4) is 0 Å². The van der Waals surface area contributed by atoms with Gasteiger partial charge >= 0.3 is 6.09 Å². The molecule has 2 aromatic rings. The Bertz CT molecular complexity index is 934. The Morgan fingerprint density at radius 2 is 2.04 bits per heavy atom. The van der Waals surface area contributed by atoms with Crippen LogP contribution in [0.15, 0.2) is 6.20 Å². The number of aromatic nitrogens is 1. The minimum atomic E-state index is -0.524. The molecule has 1 amide bonds. The van der Waals surface area contributed by atoms with E-state index in [1.165, 1.54) is 21.4 Å². The maximum Gasteiger partial charge on any atom is 0.419 e. The van der Waals surface area contributed by atoms with Crippen LogP contribution >= 0.6 is 11.3 Å². The van der Waals surface area contributed by atoms with Gasteiger partial charge in [-0.05, 0) is 63.5 Å². The van der Waals surface area contributed by atoms with E-state index in [4.69, 9.17) is 4.74 Å². The van der Waals surface area contributed by atoms with E-state index in [9.17, 15) is 9.59 Å². The minimum Gasteiger partial charge on any atom is -0.443 e. The first-order chi connectivity index (χ1) is 13.1. The van der Waals surface area contributed by atoms with Crippen LogP contribution in [-0.4, -0.2) is 40.2 Å². The molecular weight excluding hydrogens is 372 g/mol. The van der Waals surface area contributed by atoms with E-state index in [-0.39, 0.29) is 6.09 Å². The summed E-state index contributed by atoms with van der Waals surface area (Å²) >= 11 is 1.74. The standard InChI is InChI=1S/C22H30N2O3S/c1-12(2)17-10-24(21(26)27-22(4,5)6)20-18(17)13(3)19(28-20)16-8-15-7-14(16)9-23(15)11-25/h10-12,14-16H,7-9H2,1-6H3/t14?,15-,16?/m1/s1. The lowest BCUT2D eigenvalue weighted by atomic mass is 9.90. The summed E-state index contributed by atoms with van der Waals surface area (Å²) in [5.41, 5.74) is 1.99. The Morgan fingerprint density at radius 3 is 2.57 bits per heavy atom. The highest BCUT2D eigenvalue weighted by Crippen LogP contribution is 2.52. The maximum atomic E-state index is 12.9. The summed E-state index contributed by atoms with van der Waals surface area (Å²) in [5, 5.41) is 1.22. The summed E-state index contributed by atoms with van der Waals surface area (Å²) in [7, 11) is 0. The lowest BCUT2D eigenvalue weighted by molar-refractivity contribution is -0.119. The monoisotopic (exact) mass is 402 g/mol. The summed E-state index contributed by atoms with van der Waals surface area (Å²) in [6.45, 7) is 13.1. The maximum absolute atomic E-state index is 12.9. The minimum absolute atomic E-state index is 0.308. The first-order valence-electron chi connectivity index (χ1n) is 10.2. The second-order valence-corrected chi connectivity index (χ2v) is 10.7. The zero-order chi connectivity index (χ0) is 20.4. The van der Waals surface area contributed by atoms with Crippen molar-refractivity contribution in [2.24, 2.45) is 5.92 Å². The highest BCUT2D eigenvalue weighted by Gasteiger charge is 2.46. The largest absolute Gasteiger partial charge is 0.443 e. The van der Waals surface area contributed by atoms with Crippen molar-refractivity contribution in [3.05, 3.63) is 22.2 Å². The van der Waals surface area contributed by atoms with Crippen molar-refractivity contribution >= 4 is 34.1 Å². The number of amides is 1. The fourth-order valence-corrected chi connectivity index (χ4v) is 6.47.